The molecule has 0 saturated carbocycles. The molecule has 0 aliphatic rings. The van der Waals surface area contributed by atoms with Crippen LogP contribution in [0.1, 0.15) is 25.8 Å². The van der Waals surface area contributed by atoms with Gasteiger partial charge >= 0.3 is 0 Å². The maximum absolute atomic E-state index is 8.50. The Hall–Kier alpha value is -1.57. The second kappa shape index (κ2) is 9.35. The predicted molar refractivity (Wildman–Crippen MR) is 81.6 cm³/mol. The van der Waals surface area contributed by atoms with Gasteiger partial charge in [0.15, 0.2) is 6.61 Å². The number of rotatable bonds is 9. The van der Waals surface area contributed by atoms with E-state index < -0.39 is 0 Å². The van der Waals surface area contributed by atoms with Crippen molar-refractivity contribution in [2.45, 2.75) is 32.9 Å². The quantitative estimate of drug-likeness (QED) is 0.703. The number of nitriles is 1. The normalized spacial score (nSPS) is 12.2. The molecule has 0 fully saturated rings. The zero-order valence-electron chi connectivity index (χ0n) is 12.7. The third-order valence-corrected chi connectivity index (χ3v) is 3.52. The predicted octanol–water partition coefficient (Wildman–Crippen LogP) is 2.41. The summed E-state index contributed by atoms with van der Waals surface area (Å²) in [7, 11) is 2.16. The minimum absolute atomic E-state index is 0.0938. The average molecular weight is 275 g/mol. The number of likely N-dealkylation sites (N-methyl/N-ethyl adjacent to an activating group) is 1. The van der Waals surface area contributed by atoms with Gasteiger partial charge in [-0.2, -0.15) is 5.26 Å². The van der Waals surface area contributed by atoms with Crippen molar-refractivity contribution < 1.29 is 4.74 Å². The first-order valence-electron chi connectivity index (χ1n) is 7.17. The van der Waals surface area contributed by atoms with Gasteiger partial charge in [0.25, 0.3) is 0 Å². The van der Waals surface area contributed by atoms with Crippen molar-refractivity contribution >= 4 is 0 Å². The molecule has 4 heteroatoms. The first kappa shape index (κ1) is 16.5. The number of nitrogens with one attached hydrogen (secondary N) is 1. The molecule has 1 N–H and O–H groups in total. The van der Waals surface area contributed by atoms with E-state index in [0.717, 1.165) is 25.4 Å². The lowest BCUT2D eigenvalue weighted by atomic mass is 10.2. The third-order valence-electron chi connectivity index (χ3n) is 3.52. The summed E-state index contributed by atoms with van der Waals surface area (Å²) in [5.74, 6) is 0.752. The van der Waals surface area contributed by atoms with Gasteiger partial charge < -0.3 is 15.0 Å². The van der Waals surface area contributed by atoms with E-state index in [0.29, 0.717) is 6.04 Å². The molecule has 20 heavy (non-hydrogen) atoms. The van der Waals surface area contributed by atoms with Gasteiger partial charge in [-0.05, 0) is 38.1 Å². The fourth-order valence-corrected chi connectivity index (χ4v) is 1.88. The van der Waals surface area contributed by atoms with E-state index in [9.17, 15) is 0 Å². The largest absolute Gasteiger partial charge is 0.479 e. The van der Waals surface area contributed by atoms with Gasteiger partial charge in [-0.1, -0.05) is 19.1 Å². The first-order valence-corrected chi connectivity index (χ1v) is 7.17. The second-order valence-corrected chi connectivity index (χ2v) is 5.01. The van der Waals surface area contributed by atoms with Crippen LogP contribution in [0.5, 0.6) is 5.75 Å². The molecule has 110 valence electrons. The van der Waals surface area contributed by atoms with E-state index in [2.05, 4.69) is 37.2 Å². The lowest BCUT2D eigenvalue weighted by Gasteiger charge is -2.23. The van der Waals surface area contributed by atoms with E-state index >= 15 is 0 Å². The van der Waals surface area contributed by atoms with Gasteiger partial charge in [0.05, 0.1) is 0 Å². The molecule has 0 bridgehead atoms. The summed E-state index contributed by atoms with van der Waals surface area (Å²) in [6.45, 7) is 7.37. The van der Waals surface area contributed by atoms with Crippen molar-refractivity contribution in [2.75, 3.05) is 26.7 Å². The van der Waals surface area contributed by atoms with Gasteiger partial charge in [-0.3, -0.25) is 0 Å². The van der Waals surface area contributed by atoms with Crippen molar-refractivity contribution in [3.05, 3.63) is 29.8 Å². The average Bonchev–Trinajstić information content (AvgIpc) is 2.48. The van der Waals surface area contributed by atoms with Gasteiger partial charge in [0, 0.05) is 25.7 Å². The molecule has 1 unspecified atom stereocenters. The Balaban J connectivity index is 2.30. The topological polar surface area (TPSA) is 48.3 Å². The van der Waals surface area contributed by atoms with E-state index in [4.69, 9.17) is 10.00 Å². The Morgan fingerprint density at radius 2 is 2.25 bits per heavy atom. The van der Waals surface area contributed by atoms with Crippen LogP contribution < -0.4 is 10.1 Å². The maximum atomic E-state index is 8.50. The highest BCUT2D eigenvalue weighted by atomic mass is 16.5. The van der Waals surface area contributed by atoms with Crippen LogP contribution in [-0.2, 0) is 6.54 Å². The number of benzene rings is 1. The fourth-order valence-electron chi connectivity index (χ4n) is 1.88. The van der Waals surface area contributed by atoms with Crippen molar-refractivity contribution in [2.24, 2.45) is 0 Å². The number of hydrogen-bond donors (Lipinski definition) is 1. The van der Waals surface area contributed by atoms with Crippen LogP contribution >= 0.6 is 0 Å². The van der Waals surface area contributed by atoms with Crippen LogP contribution in [0.3, 0.4) is 0 Å². The SMILES string of the molecule is CCC(C)N(C)CCNCc1cccc(OCC#N)c1. The third kappa shape index (κ3) is 6.05. The van der Waals surface area contributed by atoms with Crippen molar-refractivity contribution in [1.29, 1.82) is 5.26 Å². The Kier molecular flexibility index (Phi) is 7.71. The molecule has 0 heterocycles. The lowest BCUT2D eigenvalue weighted by Crippen LogP contribution is -2.34. The highest BCUT2D eigenvalue weighted by molar-refractivity contribution is 5.28. The number of nitrogens with zero attached hydrogens (tertiary/aromatic N) is 2. The van der Waals surface area contributed by atoms with E-state index in [-0.39, 0.29) is 6.61 Å². The minimum Gasteiger partial charge on any atom is -0.479 e. The summed E-state index contributed by atoms with van der Waals surface area (Å²) < 4.78 is 5.29. The van der Waals surface area contributed by atoms with Crippen LogP contribution in [0.15, 0.2) is 24.3 Å². The highest BCUT2D eigenvalue weighted by Gasteiger charge is 2.05. The van der Waals surface area contributed by atoms with Crippen LogP contribution in [0, 0.1) is 11.3 Å². The summed E-state index contributed by atoms with van der Waals surface area (Å²) in [5, 5.41) is 11.9. The monoisotopic (exact) mass is 275 g/mol. The van der Waals surface area contributed by atoms with E-state index in [1.54, 1.807) is 0 Å². The zero-order chi connectivity index (χ0) is 14.8. The molecular formula is C16H25N3O. The molecule has 4 nitrogen and oxygen atoms in total. The van der Waals surface area contributed by atoms with Crippen molar-refractivity contribution in [1.82, 2.24) is 10.2 Å². The Morgan fingerprint density at radius 1 is 1.45 bits per heavy atom. The smallest absolute Gasteiger partial charge is 0.174 e. The second-order valence-electron chi connectivity index (χ2n) is 5.01. The molecule has 0 aliphatic heterocycles. The summed E-state index contributed by atoms with van der Waals surface area (Å²) >= 11 is 0. The summed E-state index contributed by atoms with van der Waals surface area (Å²) in [5.41, 5.74) is 1.17. The highest BCUT2D eigenvalue weighted by Crippen LogP contribution is 2.12. The molecule has 1 aromatic rings. The van der Waals surface area contributed by atoms with Crippen molar-refractivity contribution in [3.8, 4) is 11.8 Å². The number of ether oxygens (including phenoxy) is 1. The molecule has 0 saturated heterocycles. The van der Waals surface area contributed by atoms with Gasteiger partial charge in [0.1, 0.15) is 11.8 Å². The Morgan fingerprint density at radius 3 is 2.95 bits per heavy atom. The molecular weight excluding hydrogens is 250 g/mol. The van der Waals surface area contributed by atoms with Gasteiger partial charge in [-0.15, -0.1) is 0 Å². The molecule has 0 radical (unpaired) electrons. The van der Waals surface area contributed by atoms with Gasteiger partial charge in [-0.25, -0.2) is 0 Å². The molecule has 1 rings (SSSR count). The van der Waals surface area contributed by atoms with Crippen LogP contribution in [-0.4, -0.2) is 37.7 Å². The lowest BCUT2D eigenvalue weighted by molar-refractivity contribution is 0.251. The summed E-state index contributed by atoms with van der Waals surface area (Å²) in [6, 6.07) is 10.5. The van der Waals surface area contributed by atoms with Crippen molar-refractivity contribution in [3.63, 3.8) is 0 Å². The fraction of sp³-hybridized carbons (Fsp3) is 0.562. The van der Waals surface area contributed by atoms with Gasteiger partial charge in [0.2, 0.25) is 0 Å². The molecule has 0 aromatic heterocycles. The zero-order valence-corrected chi connectivity index (χ0v) is 12.7. The molecule has 0 spiro atoms. The van der Waals surface area contributed by atoms with Crippen LogP contribution in [0.4, 0.5) is 0 Å². The van der Waals surface area contributed by atoms with Crippen LogP contribution in [0.2, 0.25) is 0 Å². The Labute approximate surface area is 122 Å². The maximum Gasteiger partial charge on any atom is 0.174 e. The first-order chi connectivity index (χ1) is 9.67. The van der Waals surface area contributed by atoms with Crippen LogP contribution in [0.25, 0.3) is 0 Å². The number of hydrogen-bond acceptors (Lipinski definition) is 4. The summed E-state index contributed by atoms with van der Waals surface area (Å²) in [6.07, 6.45) is 1.18. The molecule has 0 amide bonds. The molecule has 1 atom stereocenters. The summed E-state index contributed by atoms with van der Waals surface area (Å²) in [4.78, 5) is 2.36. The van der Waals surface area contributed by atoms with E-state index in [1.807, 2.05) is 24.3 Å². The minimum atomic E-state index is 0.0938. The molecule has 1 aromatic carbocycles. The Bertz CT molecular complexity index is 428. The molecule has 0 aliphatic carbocycles. The van der Waals surface area contributed by atoms with E-state index in [1.165, 1.54) is 12.0 Å². The standard InChI is InChI=1S/C16H25N3O/c1-4-14(2)19(3)10-9-18-13-15-6-5-7-16(12-15)20-11-8-17/h5-7,12,14,18H,4,9-11,13H2,1-3H3.